The van der Waals surface area contributed by atoms with Gasteiger partial charge in [-0.05, 0) is 39.2 Å². The lowest BCUT2D eigenvalue weighted by atomic mass is 9.95. The quantitative estimate of drug-likeness (QED) is 0.663. The number of nitrogens with one attached hydrogen (secondary N) is 1. The Kier molecular flexibility index (Phi) is 5.21. The van der Waals surface area contributed by atoms with E-state index in [1.165, 1.54) is 29.7 Å². The van der Waals surface area contributed by atoms with Crippen molar-refractivity contribution in [2.24, 2.45) is 0 Å². The molecule has 1 aliphatic rings. The molecule has 0 aromatic carbocycles. The van der Waals surface area contributed by atoms with E-state index in [0.29, 0.717) is 6.04 Å². The summed E-state index contributed by atoms with van der Waals surface area (Å²) in [5, 5.41) is 5.09. The van der Waals surface area contributed by atoms with Crippen LogP contribution in [0.25, 0.3) is 10.2 Å². The first-order valence-corrected chi connectivity index (χ1v) is 9.93. The highest BCUT2D eigenvalue weighted by atomic mass is 32.2. The number of hydrogen-bond acceptors (Lipinski definition) is 5. The van der Waals surface area contributed by atoms with E-state index in [4.69, 9.17) is 0 Å². The minimum absolute atomic E-state index is 0.123. The number of amides is 1. The number of carbonyl (C=O) groups excluding carboxylic acids is 1. The van der Waals surface area contributed by atoms with Gasteiger partial charge in [0.15, 0.2) is 0 Å². The number of fused-ring (bicyclic) bond motifs is 1. The molecule has 2 aromatic heterocycles. The number of aromatic nitrogens is 2. The molecule has 1 N–H and O–H groups in total. The van der Waals surface area contributed by atoms with Crippen LogP contribution in [0.4, 0.5) is 0 Å². The Morgan fingerprint density at radius 3 is 2.78 bits per heavy atom. The third-order valence-corrected chi connectivity index (χ3v) is 6.76. The van der Waals surface area contributed by atoms with Crippen LogP contribution in [0.15, 0.2) is 11.4 Å². The molecule has 1 atom stereocenters. The zero-order valence-electron chi connectivity index (χ0n) is 13.9. The van der Waals surface area contributed by atoms with Crippen LogP contribution < -0.4 is 5.32 Å². The van der Waals surface area contributed by atoms with Crippen molar-refractivity contribution in [2.75, 3.05) is 0 Å². The number of nitrogens with zero attached hydrogens (tertiary/aromatic N) is 2. The molecule has 0 saturated heterocycles. The largest absolute Gasteiger partial charge is 0.352 e. The molecule has 4 nitrogen and oxygen atoms in total. The molecule has 124 valence electrons. The number of carbonyl (C=O) groups is 1. The van der Waals surface area contributed by atoms with Crippen molar-refractivity contribution >= 4 is 39.2 Å². The molecule has 0 bridgehead atoms. The second-order valence-corrected chi connectivity index (χ2v) is 8.78. The van der Waals surface area contributed by atoms with Gasteiger partial charge in [0.25, 0.3) is 0 Å². The summed E-state index contributed by atoms with van der Waals surface area (Å²) in [5.74, 6) is 0.123. The van der Waals surface area contributed by atoms with Crippen LogP contribution in [0, 0.1) is 13.8 Å². The molecule has 1 amide bonds. The maximum Gasteiger partial charge on any atom is 0.233 e. The van der Waals surface area contributed by atoms with Crippen molar-refractivity contribution in [3.63, 3.8) is 0 Å². The van der Waals surface area contributed by atoms with Crippen molar-refractivity contribution in [1.29, 1.82) is 0 Å². The molecule has 23 heavy (non-hydrogen) atoms. The van der Waals surface area contributed by atoms with Crippen molar-refractivity contribution in [3.8, 4) is 0 Å². The van der Waals surface area contributed by atoms with Crippen molar-refractivity contribution in [2.45, 2.75) is 69.2 Å². The first-order chi connectivity index (χ1) is 11.1. The molecule has 6 heteroatoms. The predicted octanol–water partition coefficient (Wildman–Crippen LogP) is 4.24. The first-order valence-electron chi connectivity index (χ1n) is 8.24. The normalized spacial score (nSPS) is 17.3. The van der Waals surface area contributed by atoms with E-state index in [-0.39, 0.29) is 11.2 Å². The lowest BCUT2D eigenvalue weighted by Crippen LogP contribution is -2.40. The van der Waals surface area contributed by atoms with E-state index >= 15 is 0 Å². The molecule has 1 aliphatic carbocycles. The fraction of sp³-hybridized carbons (Fsp3) is 0.588. The van der Waals surface area contributed by atoms with Gasteiger partial charge in [-0.1, -0.05) is 31.0 Å². The Balaban J connectivity index is 1.72. The number of thiophene rings is 1. The van der Waals surface area contributed by atoms with E-state index in [0.717, 1.165) is 28.1 Å². The molecular weight excluding hydrogens is 326 g/mol. The van der Waals surface area contributed by atoms with Gasteiger partial charge in [0, 0.05) is 16.3 Å². The van der Waals surface area contributed by atoms with Crippen LogP contribution in [0.3, 0.4) is 0 Å². The minimum Gasteiger partial charge on any atom is -0.352 e. The van der Waals surface area contributed by atoms with E-state index in [2.05, 4.69) is 29.1 Å². The summed E-state index contributed by atoms with van der Waals surface area (Å²) in [4.78, 5) is 23.5. The Bertz CT molecular complexity index is 707. The highest BCUT2D eigenvalue weighted by Gasteiger charge is 2.22. The molecule has 1 unspecified atom stereocenters. The molecule has 0 spiro atoms. The van der Waals surface area contributed by atoms with Gasteiger partial charge in [-0.3, -0.25) is 4.79 Å². The molecule has 1 saturated carbocycles. The first kappa shape index (κ1) is 16.7. The Morgan fingerprint density at radius 1 is 1.30 bits per heavy atom. The summed E-state index contributed by atoms with van der Waals surface area (Å²) in [6.07, 6.45) is 7.59. The monoisotopic (exact) mass is 349 g/mol. The fourth-order valence-electron chi connectivity index (χ4n) is 3.03. The zero-order valence-corrected chi connectivity index (χ0v) is 15.5. The average molecular weight is 350 g/mol. The molecule has 2 aromatic rings. The van der Waals surface area contributed by atoms with Crippen LogP contribution in [-0.4, -0.2) is 27.2 Å². The molecule has 0 radical (unpaired) electrons. The van der Waals surface area contributed by atoms with E-state index in [1.54, 1.807) is 29.4 Å². The van der Waals surface area contributed by atoms with Crippen LogP contribution in [0.1, 0.15) is 49.5 Å². The number of aryl methyl sites for hydroxylation is 2. The second kappa shape index (κ2) is 7.18. The van der Waals surface area contributed by atoms with Crippen LogP contribution in [-0.2, 0) is 4.79 Å². The summed E-state index contributed by atoms with van der Waals surface area (Å²) in [6.45, 7) is 6.18. The lowest BCUT2D eigenvalue weighted by Gasteiger charge is -2.24. The SMILES string of the molecule is Cc1sc2ncnc(SC(C)C(=O)NC3CCCCC3)c2c1C. The van der Waals surface area contributed by atoms with Crippen LogP contribution in [0.5, 0.6) is 0 Å². The van der Waals surface area contributed by atoms with Gasteiger partial charge >= 0.3 is 0 Å². The number of thioether (sulfide) groups is 1. The minimum atomic E-state index is -0.144. The molecule has 0 aliphatic heterocycles. The highest BCUT2D eigenvalue weighted by Crippen LogP contribution is 2.36. The Hall–Kier alpha value is -1.14. The predicted molar refractivity (Wildman–Crippen MR) is 97.2 cm³/mol. The van der Waals surface area contributed by atoms with Crippen LogP contribution in [0.2, 0.25) is 0 Å². The van der Waals surface area contributed by atoms with E-state index in [1.807, 2.05) is 6.92 Å². The number of rotatable bonds is 4. The van der Waals surface area contributed by atoms with Crippen LogP contribution >= 0.6 is 23.1 Å². The topological polar surface area (TPSA) is 54.9 Å². The Morgan fingerprint density at radius 2 is 2.04 bits per heavy atom. The summed E-state index contributed by atoms with van der Waals surface area (Å²) in [6, 6.07) is 0.356. The lowest BCUT2D eigenvalue weighted by molar-refractivity contribution is -0.121. The van der Waals surface area contributed by atoms with Gasteiger partial charge in [-0.25, -0.2) is 9.97 Å². The average Bonchev–Trinajstić information content (AvgIpc) is 2.84. The smallest absolute Gasteiger partial charge is 0.233 e. The molecule has 2 heterocycles. The zero-order chi connectivity index (χ0) is 16.4. The fourth-order valence-corrected chi connectivity index (χ4v) is 5.07. The van der Waals surface area contributed by atoms with Gasteiger partial charge in [0.1, 0.15) is 16.2 Å². The Labute approximate surface area is 145 Å². The van der Waals surface area contributed by atoms with Gasteiger partial charge in [-0.2, -0.15) is 0 Å². The van der Waals surface area contributed by atoms with Crippen molar-refractivity contribution in [1.82, 2.24) is 15.3 Å². The molecule has 3 rings (SSSR count). The number of hydrogen-bond donors (Lipinski definition) is 1. The standard InChI is InChI=1S/C17H23N3OS2/c1-10-11(2)22-16-14(10)17(19-9-18-16)23-12(3)15(21)20-13-7-5-4-6-8-13/h9,12-13H,4-8H2,1-3H3,(H,20,21). The van der Waals surface area contributed by atoms with Gasteiger partial charge in [0.05, 0.1) is 5.25 Å². The van der Waals surface area contributed by atoms with E-state index in [9.17, 15) is 4.79 Å². The van der Waals surface area contributed by atoms with E-state index < -0.39 is 0 Å². The maximum absolute atomic E-state index is 12.5. The van der Waals surface area contributed by atoms with Gasteiger partial charge in [-0.15, -0.1) is 11.3 Å². The third kappa shape index (κ3) is 3.69. The second-order valence-electron chi connectivity index (χ2n) is 6.25. The molecular formula is C17H23N3OS2. The third-order valence-electron chi connectivity index (χ3n) is 4.54. The summed E-state index contributed by atoms with van der Waals surface area (Å²) < 4.78 is 0. The van der Waals surface area contributed by atoms with Crippen molar-refractivity contribution in [3.05, 3.63) is 16.8 Å². The van der Waals surface area contributed by atoms with Gasteiger partial charge in [0.2, 0.25) is 5.91 Å². The molecule has 1 fully saturated rings. The summed E-state index contributed by atoms with van der Waals surface area (Å²) in [5.41, 5.74) is 1.23. The maximum atomic E-state index is 12.5. The highest BCUT2D eigenvalue weighted by molar-refractivity contribution is 8.00. The van der Waals surface area contributed by atoms with Crippen molar-refractivity contribution < 1.29 is 4.79 Å². The summed E-state index contributed by atoms with van der Waals surface area (Å²) in [7, 11) is 0. The summed E-state index contributed by atoms with van der Waals surface area (Å²) >= 11 is 3.23. The van der Waals surface area contributed by atoms with Gasteiger partial charge < -0.3 is 5.32 Å².